The van der Waals surface area contributed by atoms with Crippen LogP contribution in [0.5, 0.6) is 0 Å². The van der Waals surface area contributed by atoms with Gasteiger partial charge in [0.05, 0.1) is 12.2 Å². The summed E-state index contributed by atoms with van der Waals surface area (Å²) in [4.78, 5) is 2.10. The zero-order chi connectivity index (χ0) is 11.8. The highest BCUT2D eigenvalue weighted by Crippen LogP contribution is 2.29. The molecule has 3 nitrogen and oxygen atoms in total. The van der Waals surface area contributed by atoms with Crippen molar-refractivity contribution in [1.82, 2.24) is 0 Å². The van der Waals surface area contributed by atoms with Gasteiger partial charge in [-0.25, -0.2) is 0 Å². The van der Waals surface area contributed by atoms with Crippen LogP contribution in [0, 0.1) is 0 Å². The Bertz CT molecular complexity index is 393. The molecule has 1 aromatic rings. The molecular weight excluding hydrogens is 226 g/mol. The second-order valence-corrected chi connectivity index (χ2v) is 5.01. The van der Waals surface area contributed by atoms with E-state index in [4.69, 9.17) is 16.7 Å². The Hall–Kier alpha value is -0.770. The summed E-state index contributed by atoms with van der Waals surface area (Å²) >= 11 is 6.03. The fourth-order valence-corrected chi connectivity index (χ4v) is 2.26. The molecule has 2 rings (SSSR count). The summed E-state index contributed by atoms with van der Waals surface area (Å²) in [6, 6.07) is 5.60. The maximum Gasteiger partial charge on any atom is 0.0810 e. The SMILES string of the molecule is CC1(O)CCN(c2ccc(CO)c(Cl)c2)C1. The highest BCUT2D eigenvalue weighted by molar-refractivity contribution is 6.31. The summed E-state index contributed by atoms with van der Waals surface area (Å²) in [5.74, 6) is 0. The van der Waals surface area contributed by atoms with Gasteiger partial charge in [0.15, 0.2) is 0 Å². The van der Waals surface area contributed by atoms with Crippen LogP contribution in [0.2, 0.25) is 5.02 Å². The molecule has 0 aromatic heterocycles. The summed E-state index contributed by atoms with van der Waals surface area (Å²) in [6.45, 7) is 3.26. The molecule has 1 unspecified atom stereocenters. The highest BCUT2D eigenvalue weighted by atomic mass is 35.5. The molecule has 0 aliphatic carbocycles. The summed E-state index contributed by atoms with van der Waals surface area (Å²) in [5, 5.41) is 19.5. The lowest BCUT2D eigenvalue weighted by molar-refractivity contribution is 0.0839. The number of halogens is 1. The van der Waals surface area contributed by atoms with Crippen molar-refractivity contribution < 1.29 is 10.2 Å². The van der Waals surface area contributed by atoms with Crippen molar-refractivity contribution in [2.75, 3.05) is 18.0 Å². The van der Waals surface area contributed by atoms with Gasteiger partial charge in [-0.2, -0.15) is 0 Å². The number of anilines is 1. The van der Waals surface area contributed by atoms with Gasteiger partial charge in [-0.15, -0.1) is 0 Å². The third kappa shape index (κ3) is 2.32. The standard InChI is InChI=1S/C12H16ClNO2/c1-12(16)4-5-14(8-12)10-3-2-9(7-15)11(13)6-10/h2-3,6,15-16H,4-5,7-8H2,1H3. The van der Waals surface area contributed by atoms with Crippen molar-refractivity contribution in [2.24, 2.45) is 0 Å². The predicted molar refractivity (Wildman–Crippen MR) is 64.8 cm³/mol. The van der Waals surface area contributed by atoms with Crippen LogP contribution in [0.4, 0.5) is 5.69 Å². The number of benzene rings is 1. The molecule has 16 heavy (non-hydrogen) atoms. The van der Waals surface area contributed by atoms with E-state index in [0.29, 0.717) is 11.6 Å². The molecule has 1 heterocycles. The first kappa shape index (κ1) is 11.7. The van der Waals surface area contributed by atoms with Crippen LogP contribution >= 0.6 is 11.6 Å². The van der Waals surface area contributed by atoms with Gasteiger partial charge >= 0.3 is 0 Å². The Morgan fingerprint density at radius 1 is 1.50 bits per heavy atom. The van der Waals surface area contributed by atoms with Crippen molar-refractivity contribution in [3.05, 3.63) is 28.8 Å². The largest absolute Gasteiger partial charge is 0.392 e. The molecule has 1 aliphatic rings. The molecule has 4 heteroatoms. The number of rotatable bonds is 2. The summed E-state index contributed by atoms with van der Waals surface area (Å²) in [7, 11) is 0. The molecule has 88 valence electrons. The maximum atomic E-state index is 9.88. The quantitative estimate of drug-likeness (QED) is 0.830. The minimum absolute atomic E-state index is 0.0448. The predicted octanol–water partition coefficient (Wildman–Crippen LogP) is 1.79. The summed E-state index contributed by atoms with van der Waals surface area (Å²) < 4.78 is 0. The van der Waals surface area contributed by atoms with E-state index in [9.17, 15) is 5.11 Å². The summed E-state index contributed by atoms with van der Waals surface area (Å²) in [5.41, 5.74) is 1.12. The van der Waals surface area contributed by atoms with Gasteiger partial charge in [-0.05, 0) is 31.0 Å². The van der Waals surface area contributed by atoms with Crippen molar-refractivity contribution >= 4 is 17.3 Å². The van der Waals surface area contributed by atoms with Crippen molar-refractivity contribution in [1.29, 1.82) is 0 Å². The minimum Gasteiger partial charge on any atom is -0.392 e. The minimum atomic E-state index is -0.609. The van der Waals surface area contributed by atoms with Gasteiger partial charge in [0.2, 0.25) is 0 Å². The van der Waals surface area contributed by atoms with Crippen LogP contribution < -0.4 is 4.90 Å². The topological polar surface area (TPSA) is 43.7 Å². The molecule has 0 spiro atoms. The van der Waals surface area contributed by atoms with E-state index in [1.165, 1.54) is 0 Å². The molecule has 0 bridgehead atoms. The molecule has 1 atom stereocenters. The average molecular weight is 242 g/mol. The van der Waals surface area contributed by atoms with E-state index >= 15 is 0 Å². The van der Waals surface area contributed by atoms with Crippen molar-refractivity contribution in [3.63, 3.8) is 0 Å². The number of hydrogen-bond donors (Lipinski definition) is 2. The lowest BCUT2D eigenvalue weighted by Gasteiger charge is -2.21. The Balaban J connectivity index is 2.20. The molecule has 1 aliphatic heterocycles. The van der Waals surface area contributed by atoms with E-state index in [2.05, 4.69) is 4.90 Å². The van der Waals surface area contributed by atoms with E-state index in [1.807, 2.05) is 25.1 Å². The molecule has 1 fully saturated rings. The molecule has 1 aromatic carbocycles. The van der Waals surface area contributed by atoms with Gasteiger partial charge in [0.1, 0.15) is 0 Å². The smallest absolute Gasteiger partial charge is 0.0810 e. The highest BCUT2D eigenvalue weighted by Gasteiger charge is 2.31. The van der Waals surface area contributed by atoms with Gasteiger partial charge in [-0.3, -0.25) is 0 Å². The molecule has 0 saturated carbocycles. The first-order valence-corrected chi connectivity index (χ1v) is 5.76. The monoisotopic (exact) mass is 241 g/mol. The van der Waals surface area contributed by atoms with Crippen LogP contribution in [0.25, 0.3) is 0 Å². The zero-order valence-corrected chi connectivity index (χ0v) is 10.0. The van der Waals surface area contributed by atoms with Gasteiger partial charge in [0, 0.05) is 23.8 Å². The second-order valence-electron chi connectivity index (χ2n) is 4.60. The zero-order valence-electron chi connectivity index (χ0n) is 9.28. The number of nitrogens with zero attached hydrogens (tertiary/aromatic N) is 1. The van der Waals surface area contributed by atoms with Crippen LogP contribution in [0.15, 0.2) is 18.2 Å². The maximum absolute atomic E-state index is 9.88. The fraction of sp³-hybridized carbons (Fsp3) is 0.500. The van der Waals surface area contributed by atoms with E-state index in [1.54, 1.807) is 0 Å². The van der Waals surface area contributed by atoms with Crippen LogP contribution in [0.3, 0.4) is 0 Å². The first-order chi connectivity index (χ1) is 7.52. The third-order valence-corrected chi connectivity index (χ3v) is 3.38. The lowest BCUT2D eigenvalue weighted by atomic mass is 10.1. The number of aliphatic hydroxyl groups excluding tert-OH is 1. The molecular formula is C12H16ClNO2. The van der Waals surface area contributed by atoms with Crippen LogP contribution in [-0.2, 0) is 6.61 Å². The number of β-amino-alcohol motifs (C(OH)–C–C–N with tert-alkyl or cyclic N) is 1. The van der Waals surface area contributed by atoms with Gasteiger partial charge in [0.25, 0.3) is 0 Å². The van der Waals surface area contributed by atoms with Crippen LogP contribution in [-0.4, -0.2) is 28.9 Å². The Kier molecular flexibility index (Phi) is 3.10. The third-order valence-electron chi connectivity index (χ3n) is 3.02. The van der Waals surface area contributed by atoms with Crippen molar-refractivity contribution in [3.8, 4) is 0 Å². The fourth-order valence-electron chi connectivity index (χ4n) is 2.03. The molecule has 2 N–H and O–H groups in total. The van der Waals surface area contributed by atoms with Crippen LogP contribution in [0.1, 0.15) is 18.9 Å². The van der Waals surface area contributed by atoms with Gasteiger partial charge < -0.3 is 15.1 Å². The number of hydrogen-bond acceptors (Lipinski definition) is 3. The Morgan fingerprint density at radius 2 is 2.25 bits per heavy atom. The first-order valence-electron chi connectivity index (χ1n) is 5.38. The van der Waals surface area contributed by atoms with Crippen molar-refractivity contribution in [2.45, 2.75) is 25.6 Å². The summed E-state index contributed by atoms with van der Waals surface area (Å²) in [6.07, 6.45) is 0.770. The normalized spacial score (nSPS) is 25.1. The van der Waals surface area contributed by atoms with E-state index in [-0.39, 0.29) is 6.61 Å². The van der Waals surface area contributed by atoms with Gasteiger partial charge in [-0.1, -0.05) is 17.7 Å². The number of aliphatic hydroxyl groups is 2. The average Bonchev–Trinajstić information content (AvgIpc) is 2.59. The Labute approximate surface area is 100 Å². The molecule has 0 radical (unpaired) electrons. The molecule has 0 amide bonds. The Morgan fingerprint density at radius 3 is 2.75 bits per heavy atom. The van der Waals surface area contributed by atoms with E-state index < -0.39 is 5.60 Å². The van der Waals surface area contributed by atoms with E-state index in [0.717, 1.165) is 24.2 Å². The second kappa shape index (κ2) is 4.24. The molecule has 1 saturated heterocycles. The lowest BCUT2D eigenvalue weighted by Crippen LogP contribution is -2.29.